The van der Waals surface area contributed by atoms with Crippen molar-refractivity contribution < 1.29 is 35.1 Å². The van der Waals surface area contributed by atoms with E-state index in [0.717, 1.165) is 34.5 Å². The van der Waals surface area contributed by atoms with Gasteiger partial charge in [-0.1, -0.05) is 30.3 Å². The third-order valence-electron chi connectivity index (χ3n) is 3.58. The van der Waals surface area contributed by atoms with Crippen molar-refractivity contribution in [1.82, 2.24) is 35.6 Å². The molecule has 0 aliphatic rings. The van der Waals surface area contributed by atoms with Crippen LogP contribution in [0.3, 0.4) is 0 Å². The van der Waals surface area contributed by atoms with Gasteiger partial charge in [-0.05, 0) is 18.2 Å². The SMILES string of the molecule is CO.[CH-]=O.[CH-]=O.[Re].c1cnc2c(c1)ccc1cccnc12.c1cncc(-c2nn[n-]n2)c1. The van der Waals surface area contributed by atoms with Gasteiger partial charge in [-0.3, -0.25) is 39.0 Å². The van der Waals surface area contributed by atoms with E-state index in [2.05, 4.69) is 73.4 Å². The van der Waals surface area contributed by atoms with Crippen LogP contribution in [0.15, 0.2) is 73.3 Å². The van der Waals surface area contributed by atoms with Crippen LogP contribution < -0.4 is 5.21 Å². The van der Waals surface area contributed by atoms with Gasteiger partial charge in [-0.15, -0.1) is 0 Å². The summed E-state index contributed by atoms with van der Waals surface area (Å²) in [5, 5.41) is 23.3. The predicted molar refractivity (Wildman–Crippen MR) is 115 cm³/mol. The molecule has 165 valence electrons. The number of tetrazole rings is 1. The Labute approximate surface area is 197 Å². The van der Waals surface area contributed by atoms with Gasteiger partial charge in [-0.2, -0.15) is 0 Å². The molecule has 0 saturated heterocycles. The molecule has 0 amide bonds. The fourth-order valence-corrected chi connectivity index (χ4v) is 2.43. The molecule has 0 atom stereocenters. The molecule has 10 nitrogen and oxygen atoms in total. The van der Waals surface area contributed by atoms with Crippen molar-refractivity contribution in [3.05, 3.63) is 73.3 Å². The largest absolute Gasteiger partial charge is 0.545 e. The summed E-state index contributed by atoms with van der Waals surface area (Å²) in [6.45, 7) is 6.50. The topological polar surface area (TPSA) is 146 Å². The molecule has 0 aliphatic carbocycles. The first-order chi connectivity index (χ1) is 15.4. The Balaban J connectivity index is 0.000000484. The van der Waals surface area contributed by atoms with Crippen LogP contribution in [0.4, 0.5) is 0 Å². The standard InChI is InChI=1S/C12H8N2.C6H4N5.CH4O.2CHO.Re/c1-3-9-5-6-10-4-2-8-14-12(10)11(9)13-7-1;1-2-5(4-7-3-1)6-8-10-11-9-6;3*1-2;/h1-8H;1-4H;2H,1H3;2*1H;/q;-1;;2*-1;. The molecule has 0 aliphatic heterocycles. The van der Waals surface area contributed by atoms with E-state index in [4.69, 9.17) is 14.7 Å². The second-order valence-electron chi connectivity index (χ2n) is 5.16. The van der Waals surface area contributed by atoms with E-state index >= 15 is 0 Å². The zero-order valence-electron chi connectivity index (χ0n) is 16.9. The monoisotopic (exact) mass is 603 g/mol. The summed E-state index contributed by atoms with van der Waals surface area (Å²) >= 11 is 0. The summed E-state index contributed by atoms with van der Waals surface area (Å²) in [6, 6.07) is 15.8. The number of carbonyl (C=O) groups excluding carboxylic acids is 2. The van der Waals surface area contributed by atoms with E-state index in [1.807, 2.05) is 24.3 Å². The molecule has 1 radical (unpaired) electrons. The van der Waals surface area contributed by atoms with Gasteiger partial charge in [0.05, 0.1) is 16.9 Å². The minimum atomic E-state index is 0. The van der Waals surface area contributed by atoms with E-state index < -0.39 is 0 Å². The summed E-state index contributed by atoms with van der Waals surface area (Å²) in [5.74, 6) is 0.512. The van der Waals surface area contributed by atoms with Gasteiger partial charge in [0.15, 0.2) is 0 Å². The molecule has 32 heavy (non-hydrogen) atoms. The van der Waals surface area contributed by atoms with Crippen LogP contribution in [0.25, 0.3) is 33.2 Å². The van der Waals surface area contributed by atoms with Gasteiger partial charge in [0.1, 0.15) is 0 Å². The van der Waals surface area contributed by atoms with E-state index in [1.165, 1.54) is 0 Å². The average molecular weight is 603 g/mol. The van der Waals surface area contributed by atoms with E-state index in [9.17, 15) is 0 Å². The first-order valence-electron chi connectivity index (χ1n) is 8.51. The van der Waals surface area contributed by atoms with Crippen molar-refractivity contribution in [2.45, 2.75) is 0 Å². The molecule has 0 saturated carbocycles. The van der Waals surface area contributed by atoms with Gasteiger partial charge in [-0.25, -0.2) is 5.10 Å². The zero-order valence-corrected chi connectivity index (χ0v) is 19.6. The molecule has 4 heterocycles. The molecule has 1 N–H and O–H groups in total. The smallest absolute Gasteiger partial charge is 0.0964 e. The molecule has 5 aromatic rings. The van der Waals surface area contributed by atoms with Crippen molar-refractivity contribution in [1.29, 1.82) is 0 Å². The van der Waals surface area contributed by atoms with Crippen molar-refractivity contribution >= 4 is 35.4 Å². The molecule has 11 heteroatoms. The second kappa shape index (κ2) is 17.0. The van der Waals surface area contributed by atoms with Crippen LogP contribution in [0.5, 0.6) is 0 Å². The van der Waals surface area contributed by atoms with Gasteiger partial charge in [0.2, 0.25) is 0 Å². The van der Waals surface area contributed by atoms with Gasteiger partial charge >= 0.3 is 0 Å². The van der Waals surface area contributed by atoms with Crippen LogP contribution in [0.2, 0.25) is 0 Å². The Hall–Kier alpha value is -3.78. The van der Waals surface area contributed by atoms with Gasteiger partial charge in [0.25, 0.3) is 0 Å². The number of aliphatic hydroxyl groups excluding tert-OH is 1. The minimum Gasteiger partial charge on any atom is -0.545 e. The van der Waals surface area contributed by atoms with Crippen LogP contribution in [0.1, 0.15) is 0 Å². The number of fused-ring (bicyclic) bond motifs is 3. The number of hydrogen-bond donors (Lipinski definition) is 1. The fourth-order valence-electron chi connectivity index (χ4n) is 2.43. The third kappa shape index (κ3) is 7.81. The van der Waals surface area contributed by atoms with E-state index in [-0.39, 0.29) is 20.4 Å². The number of benzene rings is 1. The maximum Gasteiger partial charge on any atom is 0.0964 e. The van der Waals surface area contributed by atoms with Crippen molar-refractivity contribution in [3.8, 4) is 11.4 Å². The van der Waals surface area contributed by atoms with Crippen LogP contribution in [0, 0.1) is 0 Å². The van der Waals surface area contributed by atoms with Crippen molar-refractivity contribution in [2.24, 2.45) is 0 Å². The minimum absolute atomic E-state index is 0. The summed E-state index contributed by atoms with van der Waals surface area (Å²) in [7, 11) is 1.00. The molecule has 5 rings (SSSR count). The second-order valence-corrected chi connectivity index (χ2v) is 5.16. The first-order valence-corrected chi connectivity index (χ1v) is 8.51. The van der Waals surface area contributed by atoms with Crippen molar-refractivity contribution in [3.63, 3.8) is 0 Å². The summed E-state index contributed by atoms with van der Waals surface area (Å²) in [4.78, 5) is 28.1. The quantitative estimate of drug-likeness (QED) is 0.171. The Morgan fingerprint density at radius 1 is 0.781 bits per heavy atom. The molecule has 0 spiro atoms. The number of pyridine rings is 3. The molecule has 4 aromatic heterocycles. The Morgan fingerprint density at radius 2 is 1.31 bits per heavy atom. The van der Waals surface area contributed by atoms with E-state index in [1.54, 1.807) is 24.8 Å². The summed E-state index contributed by atoms with van der Waals surface area (Å²) in [5.41, 5.74) is 2.79. The Kier molecular flexibility index (Phi) is 15.0. The number of rotatable bonds is 1. The number of aromatic nitrogens is 7. The number of nitrogens with zero attached hydrogens (tertiary/aromatic N) is 7. The fraction of sp³-hybridized carbons (Fsp3) is 0.0476. The average Bonchev–Trinajstić information content (AvgIpc) is 3.44. The number of hydrogen-bond acceptors (Lipinski definition) is 9. The van der Waals surface area contributed by atoms with Crippen LogP contribution in [-0.4, -0.2) is 56.2 Å². The predicted octanol–water partition coefficient (Wildman–Crippen LogP) is 1.73. The molecule has 0 unspecified atom stereocenters. The van der Waals surface area contributed by atoms with Crippen LogP contribution >= 0.6 is 0 Å². The summed E-state index contributed by atoms with van der Waals surface area (Å²) < 4.78 is 0. The van der Waals surface area contributed by atoms with Crippen LogP contribution in [-0.2, 0) is 30.0 Å². The van der Waals surface area contributed by atoms with Gasteiger partial charge < -0.3 is 19.8 Å². The third-order valence-corrected chi connectivity index (χ3v) is 3.58. The Bertz CT molecular complexity index is 1090. The Morgan fingerprint density at radius 3 is 1.75 bits per heavy atom. The zero-order chi connectivity index (χ0) is 22.9. The van der Waals surface area contributed by atoms with Gasteiger partial charge in [0, 0.05) is 68.7 Å². The molecule has 0 bridgehead atoms. The normalized spacial score (nSPS) is 8.56. The first kappa shape index (κ1) is 28.2. The molecular weight excluding hydrogens is 584 g/mol. The molecule has 1 aromatic carbocycles. The molecular formula is C21H18N7O3Re-3. The number of aliphatic hydroxyl groups is 1. The maximum absolute atomic E-state index is 7.75. The van der Waals surface area contributed by atoms with Crippen molar-refractivity contribution in [2.75, 3.05) is 7.11 Å². The summed E-state index contributed by atoms with van der Waals surface area (Å²) in [6.07, 6.45) is 6.96. The maximum atomic E-state index is 7.75. The van der Waals surface area contributed by atoms with E-state index in [0.29, 0.717) is 5.82 Å². The molecule has 0 fully saturated rings.